The molecule has 4 aromatic heterocycles. The second-order valence-corrected chi connectivity index (χ2v) is 14.7. The Morgan fingerprint density at radius 1 is 1.15 bits per heavy atom. The molecule has 0 amide bonds. The van der Waals surface area contributed by atoms with E-state index in [9.17, 15) is 15.6 Å². The summed E-state index contributed by atoms with van der Waals surface area (Å²) < 4.78 is 8.33. The van der Waals surface area contributed by atoms with Crippen molar-refractivity contribution in [2.75, 3.05) is 37.3 Å². The van der Waals surface area contributed by atoms with Gasteiger partial charge in [-0.05, 0) is 83.9 Å². The summed E-state index contributed by atoms with van der Waals surface area (Å²) in [6.45, 7) is 4.19. The van der Waals surface area contributed by atoms with Crippen LogP contribution in [0, 0.1) is 28.6 Å². The van der Waals surface area contributed by atoms with E-state index >= 15 is 0 Å². The van der Waals surface area contributed by atoms with E-state index < -0.39 is 17.4 Å². The predicted molar refractivity (Wildman–Crippen MR) is 173 cm³/mol. The molecule has 13 heteroatoms. The fraction of sp³-hybridized carbons (Fsp3) is 0.576. The minimum absolute atomic E-state index is 0.0826. The zero-order valence-corrected chi connectivity index (χ0v) is 27.1. The number of nitrogen functional groups attached to an aromatic ring is 1. The molecule has 8 rings (SSSR count). The van der Waals surface area contributed by atoms with E-state index in [0.717, 1.165) is 85.8 Å². The van der Waals surface area contributed by atoms with Crippen LogP contribution in [0.4, 0.5) is 10.8 Å². The number of nitrogens with two attached hydrogens (primary N) is 1. The first kappa shape index (κ1) is 29.4. The molecule has 238 valence electrons. The number of aliphatic hydroxyl groups excluding tert-OH is 1. The number of nitrogens with zero attached hydrogens (tertiary/aromatic N) is 9. The third-order valence-corrected chi connectivity index (χ3v) is 12.1. The van der Waals surface area contributed by atoms with E-state index in [2.05, 4.69) is 41.1 Å². The average Bonchev–Trinajstić information content (AvgIpc) is 3.86. The van der Waals surface area contributed by atoms with E-state index in [1.165, 1.54) is 16.2 Å². The second kappa shape index (κ2) is 11.0. The molecule has 2 fully saturated rings. The Morgan fingerprint density at radius 3 is 2.74 bits per heavy atom. The Balaban J connectivity index is 1.29. The van der Waals surface area contributed by atoms with E-state index in [0.29, 0.717) is 53.5 Å². The Kier molecular flexibility index (Phi) is 7.05. The maximum Gasteiger partial charge on any atom is 0.186 e. The highest BCUT2D eigenvalue weighted by Gasteiger charge is 2.49. The summed E-state index contributed by atoms with van der Waals surface area (Å²) in [6, 6.07) is 5.10. The number of aryl methyl sites for hydroxylation is 1. The molecule has 1 spiro atoms. The van der Waals surface area contributed by atoms with Crippen LogP contribution in [0.1, 0.15) is 85.2 Å². The van der Waals surface area contributed by atoms with Gasteiger partial charge in [0.1, 0.15) is 16.9 Å². The van der Waals surface area contributed by atoms with Gasteiger partial charge in [-0.15, -0.1) is 11.3 Å². The van der Waals surface area contributed by atoms with Crippen molar-refractivity contribution in [3.05, 3.63) is 33.5 Å². The summed E-state index contributed by atoms with van der Waals surface area (Å²) in [5.74, 6) is 1.47. The zero-order chi connectivity index (χ0) is 31.7. The molecule has 2 aliphatic heterocycles. The fourth-order valence-electron chi connectivity index (χ4n) is 8.74. The first-order chi connectivity index (χ1) is 22.3. The Labute approximate surface area is 271 Å². The Hall–Kier alpha value is -4.04. The zero-order valence-electron chi connectivity index (χ0n) is 26.2. The van der Waals surface area contributed by atoms with Crippen molar-refractivity contribution in [3.63, 3.8) is 0 Å². The number of hydrogen-bond acceptors (Lipinski definition) is 12. The number of likely N-dealkylation sites (tertiary alicyclic amines) is 1. The van der Waals surface area contributed by atoms with Gasteiger partial charge in [0, 0.05) is 29.6 Å². The molecule has 0 unspecified atom stereocenters. The minimum Gasteiger partial charge on any atom is -0.392 e. The van der Waals surface area contributed by atoms with E-state index in [4.69, 9.17) is 25.3 Å². The standard InChI is InChI=1S/C33H38N10O2S/c1-18(23-7-5-12-41(23)2)43-32-22(16-37-43)31(42-13-9-24(44)19(14-34)17-42)38-30(39-32)27-20-6-3-10-33(28(20)45-40-27)11-4-8-25-26(33)21(15-35)29(36)46-25/h16,18-19,23-24,44H,3-13,17,36H2,1-2H3/t18-,19+,23-,24-,33-/m0/s1. The minimum atomic E-state index is -0.665. The monoisotopic (exact) mass is 638 g/mol. The van der Waals surface area contributed by atoms with Gasteiger partial charge in [0.25, 0.3) is 0 Å². The van der Waals surface area contributed by atoms with Gasteiger partial charge in [-0.25, -0.2) is 14.6 Å². The molecule has 4 aromatic rings. The SMILES string of the molecule is C[C@@H]([C@@H]1CCCN1C)n1ncc2c(N3CC[C@H](O)[C@H](C#N)C3)nc(-c3noc4c3CCC[C@@]43CCCc4sc(N)c(C#N)c43)nc21. The predicted octanol–water partition coefficient (Wildman–Crippen LogP) is 4.32. The van der Waals surface area contributed by atoms with Gasteiger partial charge < -0.3 is 25.2 Å². The van der Waals surface area contributed by atoms with Gasteiger partial charge in [0.15, 0.2) is 22.9 Å². The molecule has 0 aromatic carbocycles. The van der Waals surface area contributed by atoms with Crippen molar-refractivity contribution in [1.29, 1.82) is 10.5 Å². The lowest BCUT2D eigenvalue weighted by Gasteiger charge is -2.39. The van der Waals surface area contributed by atoms with E-state index in [1.54, 1.807) is 0 Å². The topological polar surface area (TPSA) is 170 Å². The summed E-state index contributed by atoms with van der Waals surface area (Å²) >= 11 is 1.53. The molecule has 6 heterocycles. The van der Waals surface area contributed by atoms with Gasteiger partial charge >= 0.3 is 0 Å². The van der Waals surface area contributed by atoms with Crippen LogP contribution in [0.5, 0.6) is 0 Å². The molecule has 0 bridgehead atoms. The number of thiophene rings is 1. The summed E-state index contributed by atoms with van der Waals surface area (Å²) in [4.78, 5) is 16.0. The van der Waals surface area contributed by atoms with Crippen molar-refractivity contribution >= 4 is 33.2 Å². The molecule has 0 radical (unpaired) electrons. The van der Waals surface area contributed by atoms with Crippen LogP contribution in [-0.2, 0) is 18.3 Å². The first-order valence-electron chi connectivity index (χ1n) is 16.4. The molecule has 2 aliphatic carbocycles. The Bertz CT molecular complexity index is 1910. The number of aliphatic hydroxyl groups is 1. The summed E-state index contributed by atoms with van der Waals surface area (Å²) in [5.41, 5.74) is 9.89. The average molecular weight is 639 g/mol. The highest BCUT2D eigenvalue weighted by Crippen LogP contribution is 2.55. The van der Waals surface area contributed by atoms with Gasteiger partial charge in [-0.2, -0.15) is 15.6 Å². The smallest absolute Gasteiger partial charge is 0.186 e. The summed E-state index contributed by atoms with van der Waals surface area (Å²) in [6.07, 6.45) is 9.26. The van der Waals surface area contributed by atoms with Crippen LogP contribution >= 0.6 is 11.3 Å². The summed E-state index contributed by atoms with van der Waals surface area (Å²) in [5, 5.41) is 41.3. The van der Waals surface area contributed by atoms with Crippen LogP contribution in [0.3, 0.4) is 0 Å². The maximum absolute atomic E-state index is 10.5. The van der Waals surface area contributed by atoms with Crippen molar-refractivity contribution in [2.45, 2.75) is 88.3 Å². The number of piperidine rings is 1. The highest BCUT2D eigenvalue weighted by atomic mass is 32.1. The number of fused-ring (bicyclic) bond motifs is 5. The lowest BCUT2D eigenvalue weighted by molar-refractivity contribution is 0.113. The third-order valence-electron chi connectivity index (χ3n) is 11.1. The first-order valence-corrected chi connectivity index (χ1v) is 17.3. The molecular formula is C33H38N10O2S. The third kappa shape index (κ3) is 4.29. The molecule has 4 aliphatic rings. The van der Waals surface area contributed by atoms with Crippen molar-refractivity contribution in [3.8, 4) is 23.7 Å². The van der Waals surface area contributed by atoms with Crippen molar-refractivity contribution in [1.82, 2.24) is 29.8 Å². The molecule has 3 N–H and O–H groups in total. The number of likely N-dealkylation sites (N-methyl/N-ethyl adjacent to an activating group) is 1. The van der Waals surface area contributed by atoms with Gasteiger partial charge in [-0.1, -0.05) is 5.16 Å². The largest absolute Gasteiger partial charge is 0.392 e. The number of rotatable bonds is 4. The van der Waals surface area contributed by atoms with E-state index in [1.807, 2.05) is 10.9 Å². The lowest BCUT2D eigenvalue weighted by Crippen LogP contribution is -2.43. The van der Waals surface area contributed by atoms with Crippen LogP contribution in [-0.4, -0.2) is 73.7 Å². The number of nitriles is 2. The number of anilines is 2. The normalized spacial score (nSPS) is 27.0. The highest BCUT2D eigenvalue weighted by molar-refractivity contribution is 7.16. The van der Waals surface area contributed by atoms with Gasteiger partial charge in [0.05, 0.1) is 46.7 Å². The summed E-state index contributed by atoms with van der Waals surface area (Å²) in [7, 11) is 2.17. The van der Waals surface area contributed by atoms with Crippen molar-refractivity contribution < 1.29 is 9.63 Å². The maximum atomic E-state index is 10.5. The van der Waals surface area contributed by atoms with Gasteiger partial charge in [0.2, 0.25) is 0 Å². The molecule has 46 heavy (non-hydrogen) atoms. The van der Waals surface area contributed by atoms with Gasteiger partial charge in [-0.3, -0.25) is 0 Å². The quantitative estimate of drug-likeness (QED) is 0.326. The van der Waals surface area contributed by atoms with Crippen LogP contribution in [0.2, 0.25) is 0 Å². The van der Waals surface area contributed by atoms with Crippen molar-refractivity contribution in [2.24, 2.45) is 5.92 Å². The molecular weight excluding hydrogens is 600 g/mol. The van der Waals surface area contributed by atoms with Crippen LogP contribution < -0.4 is 10.6 Å². The number of aromatic nitrogens is 5. The molecule has 2 saturated heterocycles. The Morgan fingerprint density at radius 2 is 1.98 bits per heavy atom. The lowest BCUT2D eigenvalue weighted by atomic mass is 9.63. The molecule has 12 nitrogen and oxygen atoms in total. The molecule has 0 saturated carbocycles. The molecule has 5 atom stereocenters. The fourth-order valence-corrected chi connectivity index (χ4v) is 9.90. The second-order valence-electron chi connectivity index (χ2n) is 13.5. The van der Waals surface area contributed by atoms with Crippen LogP contribution in [0.25, 0.3) is 22.6 Å². The van der Waals surface area contributed by atoms with E-state index in [-0.39, 0.29) is 6.04 Å². The number of hydrogen-bond donors (Lipinski definition) is 2. The van der Waals surface area contributed by atoms with Crippen LogP contribution in [0.15, 0.2) is 10.7 Å².